The van der Waals surface area contributed by atoms with Crippen LogP contribution in [0.15, 0.2) is 54.9 Å². The minimum Gasteiger partial charge on any atom is -0.497 e. The highest BCUT2D eigenvalue weighted by Gasteiger charge is 2.09. The number of ketones is 1. The lowest BCUT2D eigenvalue weighted by Crippen LogP contribution is -2.05. The van der Waals surface area contributed by atoms with Crippen molar-refractivity contribution in [1.29, 1.82) is 0 Å². The van der Waals surface area contributed by atoms with Gasteiger partial charge in [0.15, 0.2) is 17.4 Å². The number of methoxy groups -OCH3 is 1. The molecule has 1 heterocycles. The van der Waals surface area contributed by atoms with Crippen LogP contribution in [0.2, 0.25) is 0 Å². The molecule has 0 unspecified atom stereocenters. The summed E-state index contributed by atoms with van der Waals surface area (Å²) in [4.78, 5) is 19.7. The maximum atomic E-state index is 11.4. The van der Waals surface area contributed by atoms with Gasteiger partial charge >= 0.3 is 0 Å². The van der Waals surface area contributed by atoms with E-state index in [1.165, 1.54) is 13.3 Å². The number of Topliss-reactive ketones (excluding diaryl/α,β-unsaturated/α-hetero) is 1. The van der Waals surface area contributed by atoms with Crippen molar-refractivity contribution in [2.45, 2.75) is 6.92 Å². The van der Waals surface area contributed by atoms with Crippen LogP contribution in [-0.2, 0) is 0 Å². The summed E-state index contributed by atoms with van der Waals surface area (Å²) in [6, 6.07) is 14.5. The maximum absolute atomic E-state index is 11.4. The van der Waals surface area contributed by atoms with Crippen molar-refractivity contribution in [2.75, 3.05) is 23.5 Å². The molecule has 7 heteroatoms. The topological polar surface area (TPSA) is 102 Å². The fourth-order valence-electron chi connectivity index (χ4n) is 2.33. The SMILES string of the molecule is COc1ccc(Nc2ncnc(Nc3ccc(C(C)=O)cc3)c2N)cc1. The molecule has 7 nitrogen and oxygen atoms in total. The smallest absolute Gasteiger partial charge is 0.159 e. The van der Waals surface area contributed by atoms with Crippen LogP contribution in [0.1, 0.15) is 17.3 Å². The largest absolute Gasteiger partial charge is 0.497 e. The van der Waals surface area contributed by atoms with Crippen LogP contribution >= 0.6 is 0 Å². The Morgan fingerprint density at radius 3 is 1.88 bits per heavy atom. The highest BCUT2D eigenvalue weighted by atomic mass is 16.5. The van der Waals surface area contributed by atoms with E-state index in [0.29, 0.717) is 22.9 Å². The third-order valence-electron chi connectivity index (χ3n) is 3.79. The average molecular weight is 349 g/mol. The van der Waals surface area contributed by atoms with Gasteiger partial charge in [-0.1, -0.05) is 0 Å². The number of nitrogens with zero attached hydrogens (tertiary/aromatic N) is 2. The maximum Gasteiger partial charge on any atom is 0.159 e. The zero-order valence-electron chi connectivity index (χ0n) is 14.5. The Balaban J connectivity index is 1.78. The number of aromatic nitrogens is 2. The summed E-state index contributed by atoms with van der Waals surface area (Å²) in [5.41, 5.74) is 8.82. The predicted molar refractivity (Wildman–Crippen MR) is 102 cm³/mol. The number of carbonyl (C=O) groups excluding carboxylic acids is 1. The molecular formula is C19H19N5O2. The number of nitrogens with two attached hydrogens (primary N) is 1. The third kappa shape index (κ3) is 3.89. The summed E-state index contributed by atoms with van der Waals surface area (Å²) >= 11 is 0. The number of anilines is 5. The second-order valence-corrected chi connectivity index (χ2v) is 5.60. The zero-order chi connectivity index (χ0) is 18.5. The van der Waals surface area contributed by atoms with Crippen molar-refractivity contribution in [1.82, 2.24) is 9.97 Å². The van der Waals surface area contributed by atoms with Crippen LogP contribution in [-0.4, -0.2) is 22.9 Å². The second kappa shape index (κ2) is 7.52. The van der Waals surface area contributed by atoms with Gasteiger partial charge in [-0.25, -0.2) is 9.97 Å². The molecule has 0 atom stereocenters. The number of nitrogens with one attached hydrogen (secondary N) is 2. The summed E-state index contributed by atoms with van der Waals surface area (Å²) in [7, 11) is 1.62. The Morgan fingerprint density at radius 1 is 0.923 bits per heavy atom. The molecule has 3 rings (SSSR count). The standard InChI is InChI=1S/C19H19N5O2/c1-12(25)13-3-5-14(6-4-13)23-18-17(20)19(22-11-21-18)24-15-7-9-16(26-2)10-8-15/h3-11H,20H2,1-2H3,(H2,21,22,23,24). The summed E-state index contributed by atoms with van der Waals surface area (Å²) in [6.07, 6.45) is 1.43. The van der Waals surface area contributed by atoms with E-state index in [2.05, 4.69) is 20.6 Å². The van der Waals surface area contributed by atoms with Crippen molar-refractivity contribution in [3.8, 4) is 5.75 Å². The molecule has 0 bridgehead atoms. The Kier molecular flexibility index (Phi) is 4.98. The van der Waals surface area contributed by atoms with E-state index in [0.717, 1.165) is 17.1 Å². The molecule has 0 amide bonds. The van der Waals surface area contributed by atoms with Gasteiger partial charge in [0.05, 0.1) is 7.11 Å². The highest BCUT2D eigenvalue weighted by Crippen LogP contribution is 2.28. The lowest BCUT2D eigenvalue weighted by atomic mass is 10.1. The Morgan fingerprint density at radius 2 is 1.42 bits per heavy atom. The van der Waals surface area contributed by atoms with Crippen LogP contribution in [0.4, 0.5) is 28.7 Å². The molecule has 0 aliphatic heterocycles. The highest BCUT2D eigenvalue weighted by molar-refractivity contribution is 5.94. The quantitative estimate of drug-likeness (QED) is 0.582. The van der Waals surface area contributed by atoms with E-state index in [-0.39, 0.29) is 5.78 Å². The van der Waals surface area contributed by atoms with E-state index >= 15 is 0 Å². The molecule has 2 aromatic carbocycles. The first-order valence-corrected chi connectivity index (χ1v) is 7.96. The van der Waals surface area contributed by atoms with E-state index in [1.54, 1.807) is 31.4 Å². The van der Waals surface area contributed by atoms with Crippen molar-refractivity contribution in [3.63, 3.8) is 0 Å². The molecule has 0 aliphatic rings. The molecule has 4 N–H and O–H groups in total. The fraction of sp³-hybridized carbons (Fsp3) is 0.105. The number of carbonyl (C=O) groups is 1. The van der Waals surface area contributed by atoms with Gasteiger partial charge in [-0.15, -0.1) is 0 Å². The fourth-order valence-corrected chi connectivity index (χ4v) is 2.33. The van der Waals surface area contributed by atoms with Crippen LogP contribution in [0, 0.1) is 0 Å². The van der Waals surface area contributed by atoms with E-state index < -0.39 is 0 Å². The lowest BCUT2D eigenvalue weighted by molar-refractivity contribution is 0.101. The summed E-state index contributed by atoms with van der Waals surface area (Å²) in [5.74, 6) is 1.76. The molecule has 0 saturated heterocycles. The molecule has 0 aliphatic carbocycles. The molecule has 3 aromatic rings. The van der Waals surface area contributed by atoms with Crippen LogP contribution < -0.4 is 21.1 Å². The Bertz CT molecular complexity index is 908. The molecule has 26 heavy (non-hydrogen) atoms. The number of benzene rings is 2. The van der Waals surface area contributed by atoms with Crippen LogP contribution in [0.5, 0.6) is 5.75 Å². The molecule has 0 radical (unpaired) electrons. The Hall–Kier alpha value is -3.61. The number of ether oxygens (including phenoxy) is 1. The van der Waals surface area contributed by atoms with Gasteiger partial charge in [-0.2, -0.15) is 0 Å². The molecular weight excluding hydrogens is 330 g/mol. The zero-order valence-corrected chi connectivity index (χ0v) is 14.5. The van der Waals surface area contributed by atoms with Crippen molar-refractivity contribution < 1.29 is 9.53 Å². The Labute approximate surface area is 151 Å². The van der Waals surface area contributed by atoms with Gasteiger partial charge in [0.25, 0.3) is 0 Å². The first-order chi connectivity index (χ1) is 12.6. The summed E-state index contributed by atoms with van der Waals surface area (Å²) < 4.78 is 5.14. The van der Waals surface area contributed by atoms with Crippen molar-refractivity contribution >= 4 is 34.5 Å². The normalized spacial score (nSPS) is 10.2. The van der Waals surface area contributed by atoms with Crippen LogP contribution in [0.3, 0.4) is 0 Å². The van der Waals surface area contributed by atoms with E-state index in [4.69, 9.17) is 10.5 Å². The first-order valence-electron chi connectivity index (χ1n) is 7.96. The van der Waals surface area contributed by atoms with E-state index in [9.17, 15) is 4.79 Å². The van der Waals surface area contributed by atoms with Gasteiger partial charge in [-0.3, -0.25) is 4.79 Å². The molecule has 1 aromatic heterocycles. The van der Waals surface area contributed by atoms with Gasteiger partial charge in [0, 0.05) is 16.9 Å². The predicted octanol–water partition coefficient (Wildman–Crippen LogP) is 3.76. The number of nitrogen functional groups attached to an aromatic ring is 1. The minimum absolute atomic E-state index is 0.0177. The third-order valence-corrected chi connectivity index (χ3v) is 3.79. The lowest BCUT2D eigenvalue weighted by Gasteiger charge is -2.13. The number of rotatable bonds is 6. The molecule has 0 spiro atoms. The van der Waals surface area contributed by atoms with Gasteiger partial charge in [0.2, 0.25) is 0 Å². The first kappa shape index (κ1) is 17.2. The van der Waals surface area contributed by atoms with E-state index in [1.807, 2.05) is 24.3 Å². The van der Waals surface area contributed by atoms with Crippen molar-refractivity contribution in [2.24, 2.45) is 0 Å². The van der Waals surface area contributed by atoms with Gasteiger partial charge in [-0.05, 0) is 55.5 Å². The summed E-state index contributed by atoms with van der Waals surface area (Å²) in [5, 5.41) is 6.29. The average Bonchev–Trinajstić information content (AvgIpc) is 2.66. The van der Waals surface area contributed by atoms with Crippen molar-refractivity contribution in [3.05, 3.63) is 60.4 Å². The number of hydrogen-bond donors (Lipinski definition) is 3. The van der Waals surface area contributed by atoms with Crippen LogP contribution in [0.25, 0.3) is 0 Å². The summed E-state index contributed by atoms with van der Waals surface area (Å²) in [6.45, 7) is 1.53. The minimum atomic E-state index is 0.0177. The monoisotopic (exact) mass is 349 g/mol. The molecule has 132 valence electrons. The van der Waals surface area contributed by atoms with Gasteiger partial charge < -0.3 is 21.1 Å². The molecule has 0 fully saturated rings. The molecule has 0 saturated carbocycles. The second-order valence-electron chi connectivity index (χ2n) is 5.60. The number of hydrogen-bond acceptors (Lipinski definition) is 7. The van der Waals surface area contributed by atoms with Gasteiger partial charge in [0.1, 0.15) is 17.8 Å².